The molecular formula is C14H24N4O2S. The summed E-state index contributed by atoms with van der Waals surface area (Å²) in [4.78, 5) is 10.8. The van der Waals surface area contributed by atoms with Crippen molar-refractivity contribution in [2.24, 2.45) is 5.92 Å². The first-order valence-corrected chi connectivity index (χ1v) is 9.18. The maximum atomic E-state index is 11.6. The summed E-state index contributed by atoms with van der Waals surface area (Å²) in [6.45, 7) is 8.38. The van der Waals surface area contributed by atoms with Gasteiger partial charge in [0.2, 0.25) is 0 Å². The highest BCUT2D eigenvalue weighted by molar-refractivity contribution is 7.91. The van der Waals surface area contributed by atoms with Crippen molar-refractivity contribution in [3.8, 4) is 0 Å². The smallest absolute Gasteiger partial charge is 0.154 e. The number of hydrogen-bond acceptors (Lipinski definition) is 6. The Morgan fingerprint density at radius 2 is 2.14 bits per heavy atom. The number of nitrogens with one attached hydrogen (secondary N) is 1. The Balaban J connectivity index is 1.96. The van der Waals surface area contributed by atoms with Gasteiger partial charge < -0.3 is 10.2 Å². The molecule has 1 unspecified atom stereocenters. The molecule has 1 aliphatic heterocycles. The van der Waals surface area contributed by atoms with E-state index in [1.165, 1.54) is 0 Å². The predicted octanol–water partition coefficient (Wildman–Crippen LogP) is 0.845. The Bertz CT molecular complexity index is 557. The first kappa shape index (κ1) is 16.2. The molecule has 0 radical (unpaired) electrons. The van der Waals surface area contributed by atoms with Crippen LogP contribution >= 0.6 is 0 Å². The second-order valence-electron chi connectivity index (χ2n) is 6.05. The zero-order valence-corrected chi connectivity index (χ0v) is 13.7. The van der Waals surface area contributed by atoms with Crippen molar-refractivity contribution >= 4 is 15.7 Å². The van der Waals surface area contributed by atoms with Gasteiger partial charge in [0, 0.05) is 19.1 Å². The molecule has 1 fully saturated rings. The summed E-state index contributed by atoms with van der Waals surface area (Å²) in [5.41, 5.74) is 0.900. The van der Waals surface area contributed by atoms with E-state index in [4.69, 9.17) is 0 Å². The van der Waals surface area contributed by atoms with Gasteiger partial charge in [0.25, 0.3) is 0 Å². The SMILES string of the molecule is CC(C)CNCc1cnc(N2CCS(=O)(=O)CC2C)cn1. The van der Waals surface area contributed by atoms with Crippen LogP contribution in [0.5, 0.6) is 0 Å². The van der Waals surface area contributed by atoms with Crippen LogP contribution in [0.15, 0.2) is 12.4 Å². The Morgan fingerprint density at radius 3 is 2.71 bits per heavy atom. The van der Waals surface area contributed by atoms with Crippen molar-refractivity contribution < 1.29 is 8.42 Å². The van der Waals surface area contributed by atoms with Gasteiger partial charge in [-0.15, -0.1) is 0 Å². The van der Waals surface area contributed by atoms with E-state index in [0.717, 1.165) is 18.1 Å². The average Bonchev–Trinajstić information content (AvgIpc) is 2.38. The lowest BCUT2D eigenvalue weighted by Crippen LogP contribution is -2.47. The highest BCUT2D eigenvalue weighted by Gasteiger charge is 2.28. The third-order valence-corrected chi connectivity index (χ3v) is 5.31. The Morgan fingerprint density at radius 1 is 1.38 bits per heavy atom. The predicted molar refractivity (Wildman–Crippen MR) is 84.0 cm³/mol. The average molecular weight is 312 g/mol. The largest absolute Gasteiger partial charge is 0.351 e. The summed E-state index contributed by atoms with van der Waals surface area (Å²) in [5.74, 6) is 1.74. The molecule has 0 bridgehead atoms. The van der Waals surface area contributed by atoms with Crippen LogP contribution in [0.25, 0.3) is 0 Å². The van der Waals surface area contributed by atoms with Gasteiger partial charge in [-0.1, -0.05) is 13.8 Å². The summed E-state index contributed by atoms with van der Waals surface area (Å²) in [7, 11) is -2.90. The molecule has 1 saturated heterocycles. The van der Waals surface area contributed by atoms with E-state index in [0.29, 0.717) is 19.0 Å². The molecule has 1 N–H and O–H groups in total. The number of sulfone groups is 1. The number of anilines is 1. The van der Waals surface area contributed by atoms with E-state index < -0.39 is 9.84 Å². The maximum absolute atomic E-state index is 11.6. The second kappa shape index (κ2) is 6.70. The van der Waals surface area contributed by atoms with Gasteiger partial charge in [0.15, 0.2) is 9.84 Å². The Kier molecular flexibility index (Phi) is 5.16. The van der Waals surface area contributed by atoms with Gasteiger partial charge in [0.05, 0.1) is 29.6 Å². The third kappa shape index (κ3) is 4.64. The molecule has 0 aromatic carbocycles. The van der Waals surface area contributed by atoms with Crippen LogP contribution in [0.2, 0.25) is 0 Å². The lowest BCUT2D eigenvalue weighted by atomic mass is 10.2. The number of aromatic nitrogens is 2. The minimum atomic E-state index is -2.90. The first-order chi connectivity index (χ1) is 9.87. The molecular weight excluding hydrogens is 288 g/mol. The van der Waals surface area contributed by atoms with Gasteiger partial charge in [-0.25, -0.2) is 13.4 Å². The van der Waals surface area contributed by atoms with Gasteiger partial charge in [-0.2, -0.15) is 0 Å². The topological polar surface area (TPSA) is 75.2 Å². The van der Waals surface area contributed by atoms with Crippen molar-refractivity contribution in [3.63, 3.8) is 0 Å². The summed E-state index contributed by atoms with van der Waals surface area (Å²) in [5, 5.41) is 3.32. The molecule has 0 amide bonds. The van der Waals surface area contributed by atoms with Crippen LogP contribution in [0.1, 0.15) is 26.5 Å². The molecule has 1 atom stereocenters. The van der Waals surface area contributed by atoms with Gasteiger partial charge >= 0.3 is 0 Å². The molecule has 0 saturated carbocycles. The molecule has 6 nitrogen and oxygen atoms in total. The molecule has 2 rings (SSSR count). The third-order valence-electron chi connectivity index (χ3n) is 3.52. The zero-order chi connectivity index (χ0) is 15.5. The van der Waals surface area contributed by atoms with Crippen molar-refractivity contribution in [1.82, 2.24) is 15.3 Å². The molecule has 1 aromatic rings. The van der Waals surface area contributed by atoms with Crippen molar-refractivity contribution in [2.75, 3.05) is 29.5 Å². The lowest BCUT2D eigenvalue weighted by Gasteiger charge is -2.33. The molecule has 0 spiro atoms. The highest BCUT2D eigenvalue weighted by atomic mass is 32.2. The molecule has 118 valence electrons. The van der Waals surface area contributed by atoms with E-state index in [-0.39, 0.29) is 17.5 Å². The zero-order valence-electron chi connectivity index (χ0n) is 12.9. The lowest BCUT2D eigenvalue weighted by molar-refractivity contribution is 0.546. The van der Waals surface area contributed by atoms with Crippen LogP contribution in [-0.2, 0) is 16.4 Å². The Labute approximate surface area is 126 Å². The van der Waals surface area contributed by atoms with Crippen LogP contribution < -0.4 is 10.2 Å². The molecule has 0 aliphatic carbocycles. The fraction of sp³-hybridized carbons (Fsp3) is 0.714. The summed E-state index contributed by atoms with van der Waals surface area (Å²) < 4.78 is 23.2. The molecule has 21 heavy (non-hydrogen) atoms. The van der Waals surface area contributed by atoms with Gasteiger partial charge in [-0.3, -0.25) is 4.98 Å². The minimum Gasteiger partial charge on any atom is -0.351 e. The number of rotatable bonds is 5. The van der Waals surface area contributed by atoms with Gasteiger partial charge in [-0.05, 0) is 19.4 Å². The van der Waals surface area contributed by atoms with E-state index >= 15 is 0 Å². The van der Waals surface area contributed by atoms with Crippen molar-refractivity contribution in [1.29, 1.82) is 0 Å². The number of hydrogen-bond donors (Lipinski definition) is 1. The van der Waals surface area contributed by atoms with E-state index in [9.17, 15) is 8.42 Å². The summed E-state index contributed by atoms with van der Waals surface area (Å²) in [6.07, 6.45) is 3.50. The molecule has 2 heterocycles. The molecule has 1 aliphatic rings. The van der Waals surface area contributed by atoms with E-state index in [1.807, 2.05) is 11.8 Å². The van der Waals surface area contributed by atoms with E-state index in [1.54, 1.807) is 12.4 Å². The maximum Gasteiger partial charge on any atom is 0.154 e. The first-order valence-electron chi connectivity index (χ1n) is 7.36. The highest BCUT2D eigenvalue weighted by Crippen LogP contribution is 2.18. The monoisotopic (exact) mass is 312 g/mol. The van der Waals surface area contributed by atoms with E-state index in [2.05, 4.69) is 29.1 Å². The number of nitrogens with zero attached hydrogens (tertiary/aromatic N) is 3. The fourth-order valence-corrected chi connectivity index (χ4v) is 3.97. The fourth-order valence-electron chi connectivity index (χ4n) is 2.42. The van der Waals surface area contributed by atoms with Crippen LogP contribution in [0.3, 0.4) is 0 Å². The van der Waals surface area contributed by atoms with Crippen molar-refractivity contribution in [2.45, 2.75) is 33.4 Å². The Hall–Kier alpha value is -1.21. The summed E-state index contributed by atoms with van der Waals surface area (Å²) in [6, 6.07) is -0.0528. The van der Waals surface area contributed by atoms with Crippen LogP contribution in [0, 0.1) is 5.92 Å². The molecule has 1 aromatic heterocycles. The summed E-state index contributed by atoms with van der Waals surface area (Å²) >= 11 is 0. The van der Waals surface area contributed by atoms with Crippen molar-refractivity contribution in [3.05, 3.63) is 18.1 Å². The molecule has 7 heteroatoms. The quantitative estimate of drug-likeness (QED) is 0.868. The van der Waals surface area contributed by atoms with Crippen LogP contribution in [0.4, 0.5) is 5.82 Å². The normalized spacial score (nSPS) is 21.7. The van der Waals surface area contributed by atoms with Gasteiger partial charge in [0.1, 0.15) is 5.82 Å². The van der Waals surface area contributed by atoms with Crippen LogP contribution in [-0.4, -0.2) is 49.0 Å². The second-order valence-corrected chi connectivity index (χ2v) is 8.28. The minimum absolute atomic E-state index is 0.0528. The standard InChI is InChI=1S/C14H24N4O2S/c1-11(2)6-15-7-13-8-17-14(9-16-13)18-4-5-21(19,20)10-12(18)3/h8-9,11-12,15H,4-7,10H2,1-3H3.